The fourth-order valence-corrected chi connectivity index (χ4v) is 3.01. The summed E-state index contributed by atoms with van der Waals surface area (Å²) in [5, 5.41) is 14.2. The molecule has 1 nitrogen and oxygen atoms in total. The largest absolute Gasteiger partial charge is 0.388 e. The normalized spacial score (nSPS) is 12.7. The number of rotatable bonds is 3. The van der Waals surface area contributed by atoms with E-state index < -0.39 is 6.10 Å². The van der Waals surface area contributed by atoms with E-state index in [4.69, 9.17) is 0 Å². The van der Waals surface area contributed by atoms with E-state index in [0.717, 1.165) is 15.6 Å². The molecule has 0 saturated carbocycles. The molecule has 84 valence electrons. The third-order valence-electron chi connectivity index (χ3n) is 2.46. The van der Waals surface area contributed by atoms with Crippen LogP contribution in [-0.2, 0) is 6.42 Å². The predicted molar refractivity (Wildman–Crippen MR) is 71.9 cm³/mol. The minimum absolute atomic E-state index is 0.425. The third kappa shape index (κ3) is 2.94. The van der Waals surface area contributed by atoms with Crippen LogP contribution in [0.5, 0.6) is 0 Å². The molecule has 0 amide bonds. The van der Waals surface area contributed by atoms with Gasteiger partial charge in [0.2, 0.25) is 0 Å². The highest BCUT2D eigenvalue weighted by Crippen LogP contribution is 2.24. The van der Waals surface area contributed by atoms with E-state index in [1.807, 2.05) is 30.5 Å². The Balaban J connectivity index is 2.17. The second kappa shape index (κ2) is 5.13. The fourth-order valence-electron chi connectivity index (χ4n) is 1.71. The summed E-state index contributed by atoms with van der Waals surface area (Å²) in [6.45, 7) is 2.03. The van der Waals surface area contributed by atoms with Crippen molar-refractivity contribution in [2.24, 2.45) is 0 Å². The molecule has 1 aromatic carbocycles. The predicted octanol–water partition coefficient (Wildman–Crippen LogP) is 4.10. The first-order valence-corrected chi connectivity index (χ1v) is 6.85. The van der Waals surface area contributed by atoms with Gasteiger partial charge in [-0.05, 0) is 52.6 Å². The van der Waals surface area contributed by atoms with Crippen LogP contribution in [0.4, 0.5) is 0 Å². The zero-order valence-corrected chi connectivity index (χ0v) is 11.4. The summed E-state index contributed by atoms with van der Waals surface area (Å²) < 4.78 is 1.02. The van der Waals surface area contributed by atoms with E-state index >= 15 is 0 Å². The lowest BCUT2D eigenvalue weighted by molar-refractivity contribution is 0.178. The fraction of sp³-hybridized carbons (Fsp3) is 0.231. The Morgan fingerprint density at radius 2 is 2.19 bits per heavy atom. The zero-order chi connectivity index (χ0) is 11.5. The van der Waals surface area contributed by atoms with E-state index in [1.54, 1.807) is 11.3 Å². The molecule has 1 aromatic heterocycles. The van der Waals surface area contributed by atoms with Crippen molar-refractivity contribution in [2.75, 3.05) is 0 Å². The van der Waals surface area contributed by atoms with Crippen LogP contribution in [0.1, 0.15) is 22.8 Å². The molecule has 0 radical (unpaired) electrons. The molecular formula is C13H13BrOS. The molecule has 2 aromatic rings. The van der Waals surface area contributed by atoms with Crippen LogP contribution >= 0.6 is 27.3 Å². The highest BCUT2D eigenvalue weighted by molar-refractivity contribution is 9.10. The minimum atomic E-state index is -0.425. The number of thiophene rings is 1. The maximum absolute atomic E-state index is 10.1. The van der Waals surface area contributed by atoms with Gasteiger partial charge in [0, 0.05) is 10.9 Å². The van der Waals surface area contributed by atoms with Crippen molar-refractivity contribution in [3.63, 3.8) is 0 Å². The van der Waals surface area contributed by atoms with Gasteiger partial charge in [0.1, 0.15) is 0 Å². The third-order valence-corrected chi connectivity index (χ3v) is 3.65. The number of aliphatic hydroxyl groups is 1. The highest BCUT2D eigenvalue weighted by atomic mass is 79.9. The number of aryl methyl sites for hydroxylation is 1. The Bertz CT molecular complexity index is 445. The smallest absolute Gasteiger partial charge is 0.0831 e. The van der Waals surface area contributed by atoms with Crippen molar-refractivity contribution in [1.29, 1.82) is 0 Å². The first-order valence-electron chi connectivity index (χ1n) is 5.11. The van der Waals surface area contributed by atoms with Gasteiger partial charge in [0.05, 0.1) is 6.10 Å². The SMILES string of the molecule is Cc1cc(Br)cc(C(O)Cc2ccsc2)c1. The second-order valence-corrected chi connectivity index (χ2v) is 5.61. The molecule has 0 spiro atoms. The molecule has 1 unspecified atom stereocenters. The Labute approximate surface area is 108 Å². The minimum Gasteiger partial charge on any atom is -0.388 e. The molecule has 0 saturated heterocycles. The summed E-state index contributed by atoms with van der Waals surface area (Å²) in [5.41, 5.74) is 3.32. The van der Waals surface area contributed by atoms with Gasteiger partial charge in [-0.3, -0.25) is 0 Å². The lowest BCUT2D eigenvalue weighted by atomic mass is 10.0. The van der Waals surface area contributed by atoms with Crippen LogP contribution in [0.2, 0.25) is 0 Å². The highest BCUT2D eigenvalue weighted by Gasteiger charge is 2.09. The standard InChI is InChI=1S/C13H13BrOS/c1-9-4-11(7-12(14)5-9)13(15)6-10-2-3-16-8-10/h2-5,7-8,13,15H,6H2,1H3. The maximum Gasteiger partial charge on any atom is 0.0831 e. The van der Waals surface area contributed by atoms with Crippen molar-refractivity contribution >= 4 is 27.3 Å². The van der Waals surface area contributed by atoms with Gasteiger partial charge in [-0.2, -0.15) is 11.3 Å². The molecule has 0 aliphatic heterocycles. The van der Waals surface area contributed by atoms with Crippen LogP contribution in [0, 0.1) is 6.92 Å². The maximum atomic E-state index is 10.1. The molecule has 0 bridgehead atoms. The Morgan fingerprint density at radius 1 is 1.38 bits per heavy atom. The van der Waals surface area contributed by atoms with Gasteiger partial charge in [-0.1, -0.05) is 22.0 Å². The molecule has 0 aliphatic rings. The molecular weight excluding hydrogens is 284 g/mol. The molecule has 0 aliphatic carbocycles. The van der Waals surface area contributed by atoms with Crippen LogP contribution in [0.15, 0.2) is 39.5 Å². The van der Waals surface area contributed by atoms with E-state index in [-0.39, 0.29) is 0 Å². The molecule has 1 atom stereocenters. The van der Waals surface area contributed by atoms with E-state index in [9.17, 15) is 5.11 Å². The lowest BCUT2D eigenvalue weighted by Gasteiger charge is -2.11. The monoisotopic (exact) mass is 296 g/mol. The number of halogens is 1. The number of aliphatic hydroxyl groups excluding tert-OH is 1. The van der Waals surface area contributed by atoms with Crippen molar-refractivity contribution in [1.82, 2.24) is 0 Å². The molecule has 2 rings (SSSR count). The molecule has 1 N–H and O–H groups in total. The van der Waals surface area contributed by atoms with E-state index in [0.29, 0.717) is 6.42 Å². The van der Waals surface area contributed by atoms with Gasteiger partial charge >= 0.3 is 0 Å². The lowest BCUT2D eigenvalue weighted by Crippen LogP contribution is -2.01. The first kappa shape index (κ1) is 11.8. The van der Waals surface area contributed by atoms with E-state index in [1.165, 1.54) is 5.56 Å². The molecule has 0 fully saturated rings. The summed E-state index contributed by atoms with van der Waals surface area (Å²) in [6, 6.07) is 8.10. The number of hydrogen-bond donors (Lipinski definition) is 1. The van der Waals surface area contributed by atoms with Gasteiger partial charge in [0.15, 0.2) is 0 Å². The van der Waals surface area contributed by atoms with Crippen LogP contribution < -0.4 is 0 Å². The van der Waals surface area contributed by atoms with Gasteiger partial charge < -0.3 is 5.11 Å². The quantitative estimate of drug-likeness (QED) is 0.904. The van der Waals surface area contributed by atoms with Crippen molar-refractivity contribution < 1.29 is 5.11 Å². The topological polar surface area (TPSA) is 20.2 Å². The molecule has 1 heterocycles. The average molecular weight is 297 g/mol. The van der Waals surface area contributed by atoms with Crippen molar-refractivity contribution in [2.45, 2.75) is 19.4 Å². The van der Waals surface area contributed by atoms with Crippen LogP contribution in [-0.4, -0.2) is 5.11 Å². The summed E-state index contributed by atoms with van der Waals surface area (Å²) in [5.74, 6) is 0. The summed E-state index contributed by atoms with van der Waals surface area (Å²) in [6.07, 6.45) is 0.255. The number of benzene rings is 1. The summed E-state index contributed by atoms with van der Waals surface area (Å²) in [4.78, 5) is 0. The van der Waals surface area contributed by atoms with Crippen LogP contribution in [0.25, 0.3) is 0 Å². The van der Waals surface area contributed by atoms with Crippen LogP contribution in [0.3, 0.4) is 0 Å². The zero-order valence-electron chi connectivity index (χ0n) is 8.98. The second-order valence-electron chi connectivity index (χ2n) is 3.91. The Hall–Kier alpha value is -0.640. The van der Waals surface area contributed by atoms with E-state index in [2.05, 4.69) is 27.4 Å². The summed E-state index contributed by atoms with van der Waals surface area (Å²) >= 11 is 5.11. The Kier molecular flexibility index (Phi) is 3.79. The van der Waals surface area contributed by atoms with Crippen molar-refractivity contribution in [3.05, 3.63) is 56.2 Å². The molecule has 16 heavy (non-hydrogen) atoms. The van der Waals surface area contributed by atoms with Gasteiger partial charge in [-0.25, -0.2) is 0 Å². The van der Waals surface area contributed by atoms with Crippen molar-refractivity contribution in [3.8, 4) is 0 Å². The average Bonchev–Trinajstić information content (AvgIpc) is 2.68. The first-order chi connectivity index (χ1) is 7.65. The van der Waals surface area contributed by atoms with Gasteiger partial charge in [-0.15, -0.1) is 0 Å². The summed E-state index contributed by atoms with van der Waals surface area (Å²) in [7, 11) is 0. The Morgan fingerprint density at radius 3 is 2.81 bits per heavy atom. The molecule has 3 heteroatoms. The number of hydrogen-bond acceptors (Lipinski definition) is 2. The van der Waals surface area contributed by atoms with Gasteiger partial charge in [0.25, 0.3) is 0 Å².